The highest BCUT2D eigenvalue weighted by molar-refractivity contribution is 5.80. The Kier molecular flexibility index (Phi) is 7.95. The van der Waals surface area contributed by atoms with Crippen LogP contribution in [0.15, 0.2) is 48.5 Å². The first-order valence-corrected chi connectivity index (χ1v) is 9.19. The van der Waals surface area contributed by atoms with Gasteiger partial charge in [-0.15, -0.1) is 0 Å². The summed E-state index contributed by atoms with van der Waals surface area (Å²) in [5.74, 6) is -4.54. The van der Waals surface area contributed by atoms with Crippen LogP contribution in [0.1, 0.15) is 11.1 Å². The van der Waals surface area contributed by atoms with Gasteiger partial charge in [-0.05, 0) is 41.8 Å². The first-order valence-electron chi connectivity index (χ1n) is 9.19. The third-order valence-corrected chi connectivity index (χ3v) is 4.32. The van der Waals surface area contributed by atoms with Gasteiger partial charge in [0.2, 0.25) is 0 Å². The fourth-order valence-electron chi connectivity index (χ4n) is 3.01. The van der Waals surface area contributed by atoms with Gasteiger partial charge in [-0.2, -0.15) is 0 Å². The Hall–Kier alpha value is -4.08. The van der Waals surface area contributed by atoms with E-state index in [1.54, 1.807) is 48.5 Å². The normalized spacial score (nSPS) is 10.3. The molecule has 10 nitrogen and oxygen atoms in total. The van der Waals surface area contributed by atoms with Crippen LogP contribution in [0.2, 0.25) is 0 Å². The average Bonchev–Trinajstić information content (AvgIpc) is 2.67. The number of nitrogens with zero attached hydrogens (tertiary/aromatic N) is 2. The molecule has 0 heterocycles. The average molecular weight is 430 g/mol. The number of anilines is 2. The van der Waals surface area contributed by atoms with Crippen molar-refractivity contribution in [1.82, 2.24) is 0 Å². The molecule has 164 valence electrons. The Balaban J connectivity index is 2.10. The molecule has 0 saturated heterocycles. The fraction of sp³-hybridized carbons (Fsp3) is 0.238. The highest BCUT2D eigenvalue weighted by atomic mass is 16.4. The van der Waals surface area contributed by atoms with Crippen LogP contribution in [-0.2, 0) is 25.6 Å². The van der Waals surface area contributed by atoms with E-state index in [4.69, 9.17) is 20.4 Å². The maximum Gasteiger partial charge on any atom is 0.323 e. The lowest BCUT2D eigenvalue weighted by molar-refractivity contribution is -0.138. The molecule has 2 rings (SSSR count). The molecule has 0 amide bonds. The standard InChI is InChI=1S/C21H22N2O8/c24-18(25)10-22(11-19(26)27)16-5-1-14(2-6-16)9-15-3-7-17(8-4-15)23(12-20(28)29)13-21(30)31/h1-8H,9-13H2,(H,24,25)(H,26,27)(H,28,29)(H,30,31). The monoisotopic (exact) mass is 430 g/mol. The second-order valence-corrected chi connectivity index (χ2v) is 6.80. The molecule has 0 aliphatic carbocycles. The molecule has 0 spiro atoms. The molecule has 0 aromatic heterocycles. The highest BCUT2D eigenvalue weighted by Gasteiger charge is 2.15. The number of carboxylic acid groups (broad SMARTS) is 4. The molecule has 4 N–H and O–H groups in total. The van der Waals surface area contributed by atoms with Gasteiger partial charge in [-0.3, -0.25) is 19.2 Å². The summed E-state index contributed by atoms with van der Waals surface area (Å²) in [6, 6.07) is 13.7. The number of aliphatic carboxylic acids is 4. The predicted molar refractivity (Wildman–Crippen MR) is 111 cm³/mol. The van der Waals surface area contributed by atoms with E-state index in [0.717, 1.165) is 11.1 Å². The van der Waals surface area contributed by atoms with Gasteiger partial charge in [0.1, 0.15) is 26.2 Å². The molecular formula is C21H22N2O8. The summed E-state index contributed by atoms with van der Waals surface area (Å²) in [6.45, 7) is -1.74. The summed E-state index contributed by atoms with van der Waals surface area (Å²) >= 11 is 0. The summed E-state index contributed by atoms with van der Waals surface area (Å²) in [6.07, 6.45) is 0.524. The van der Waals surface area contributed by atoms with Crippen LogP contribution in [0.5, 0.6) is 0 Å². The maximum absolute atomic E-state index is 11.0. The maximum atomic E-state index is 11.0. The van der Waals surface area contributed by atoms with Gasteiger partial charge in [-0.1, -0.05) is 24.3 Å². The highest BCUT2D eigenvalue weighted by Crippen LogP contribution is 2.20. The number of benzene rings is 2. The Bertz CT molecular complexity index is 831. The van der Waals surface area contributed by atoms with Crippen LogP contribution in [-0.4, -0.2) is 70.5 Å². The smallest absolute Gasteiger partial charge is 0.323 e. The fourth-order valence-corrected chi connectivity index (χ4v) is 3.01. The van der Waals surface area contributed by atoms with Crippen molar-refractivity contribution in [3.05, 3.63) is 59.7 Å². The third kappa shape index (κ3) is 7.69. The van der Waals surface area contributed by atoms with Crippen molar-refractivity contribution >= 4 is 35.3 Å². The van der Waals surface area contributed by atoms with E-state index in [9.17, 15) is 19.2 Å². The van der Waals surface area contributed by atoms with Gasteiger partial charge < -0.3 is 30.2 Å². The van der Waals surface area contributed by atoms with Crippen LogP contribution in [0, 0.1) is 0 Å². The van der Waals surface area contributed by atoms with Gasteiger partial charge >= 0.3 is 23.9 Å². The summed E-state index contributed by atoms with van der Waals surface area (Å²) in [7, 11) is 0. The quantitative estimate of drug-likeness (QED) is 0.386. The first kappa shape index (κ1) is 23.2. The second-order valence-electron chi connectivity index (χ2n) is 6.80. The van der Waals surface area contributed by atoms with E-state index in [0.29, 0.717) is 17.8 Å². The van der Waals surface area contributed by atoms with Crippen molar-refractivity contribution in [1.29, 1.82) is 0 Å². The number of hydrogen-bond donors (Lipinski definition) is 4. The van der Waals surface area contributed by atoms with Crippen molar-refractivity contribution < 1.29 is 39.6 Å². The van der Waals surface area contributed by atoms with Crippen LogP contribution >= 0.6 is 0 Å². The van der Waals surface area contributed by atoms with Gasteiger partial charge in [0.25, 0.3) is 0 Å². The molecule has 2 aromatic rings. The van der Waals surface area contributed by atoms with Crippen molar-refractivity contribution in [2.45, 2.75) is 6.42 Å². The lowest BCUT2D eigenvalue weighted by atomic mass is 10.0. The summed E-state index contributed by atoms with van der Waals surface area (Å²) in [5.41, 5.74) is 2.74. The third-order valence-electron chi connectivity index (χ3n) is 4.32. The molecule has 0 unspecified atom stereocenters. The topological polar surface area (TPSA) is 156 Å². The Morgan fingerprint density at radius 2 is 0.774 bits per heavy atom. The Morgan fingerprint density at radius 3 is 1.00 bits per heavy atom. The van der Waals surface area contributed by atoms with Crippen molar-refractivity contribution in [3.63, 3.8) is 0 Å². The minimum absolute atomic E-state index is 0.434. The van der Waals surface area contributed by atoms with Gasteiger partial charge in [-0.25, -0.2) is 0 Å². The number of carbonyl (C=O) groups is 4. The molecule has 0 bridgehead atoms. The Morgan fingerprint density at radius 1 is 0.516 bits per heavy atom. The lowest BCUT2D eigenvalue weighted by Gasteiger charge is -2.21. The van der Waals surface area contributed by atoms with E-state index in [-0.39, 0.29) is 0 Å². The summed E-state index contributed by atoms with van der Waals surface area (Å²) in [5, 5.41) is 35.8. The van der Waals surface area contributed by atoms with E-state index >= 15 is 0 Å². The number of rotatable bonds is 12. The largest absolute Gasteiger partial charge is 0.480 e. The molecule has 31 heavy (non-hydrogen) atoms. The van der Waals surface area contributed by atoms with Crippen LogP contribution in [0.4, 0.5) is 11.4 Å². The van der Waals surface area contributed by atoms with E-state index < -0.39 is 50.1 Å². The van der Waals surface area contributed by atoms with E-state index in [1.165, 1.54) is 9.80 Å². The zero-order valence-electron chi connectivity index (χ0n) is 16.5. The van der Waals surface area contributed by atoms with Crippen molar-refractivity contribution in [2.24, 2.45) is 0 Å². The summed E-state index contributed by atoms with van der Waals surface area (Å²) < 4.78 is 0. The number of carboxylic acids is 4. The van der Waals surface area contributed by atoms with Crippen molar-refractivity contribution in [2.75, 3.05) is 36.0 Å². The van der Waals surface area contributed by atoms with E-state index in [1.807, 2.05) is 0 Å². The SMILES string of the molecule is O=C(O)CN(CC(=O)O)c1ccc(Cc2ccc(N(CC(=O)O)CC(=O)O)cc2)cc1. The zero-order chi connectivity index (χ0) is 23.0. The van der Waals surface area contributed by atoms with Crippen molar-refractivity contribution in [3.8, 4) is 0 Å². The van der Waals surface area contributed by atoms with Gasteiger partial charge in [0.15, 0.2) is 0 Å². The molecule has 0 fully saturated rings. The van der Waals surface area contributed by atoms with Crippen LogP contribution < -0.4 is 9.80 Å². The molecule has 0 radical (unpaired) electrons. The van der Waals surface area contributed by atoms with Gasteiger partial charge in [0, 0.05) is 11.4 Å². The minimum Gasteiger partial charge on any atom is -0.480 e. The van der Waals surface area contributed by atoms with Crippen LogP contribution in [0.3, 0.4) is 0 Å². The lowest BCUT2D eigenvalue weighted by Crippen LogP contribution is -2.34. The number of hydrogen-bond acceptors (Lipinski definition) is 6. The molecule has 2 aromatic carbocycles. The molecular weight excluding hydrogens is 408 g/mol. The van der Waals surface area contributed by atoms with Gasteiger partial charge in [0.05, 0.1) is 0 Å². The second kappa shape index (κ2) is 10.6. The predicted octanol–water partition coefficient (Wildman–Crippen LogP) is 1.23. The first-order chi connectivity index (χ1) is 14.6. The molecule has 10 heteroatoms. The minimum atomic E-state index is -1.13. The molecule has 0 atom stereocenters. The zero-order valence-corrected chi connectivity index (χ0v) is 16.5. The molecule has 0 saturated carbocycles. The summed E-state index contributed by atoms with van der Waals surface area (Å²) in [4.78, 5) is 46.3. The molecule has 0 aliphatic heterocycles. The molecule has 0 aliphatic rings. The van der Waals surface area contributed by atoms with Crippen LogP contribution in [0.25, 0.3) is 0 Å². The van der Waals surface area contributed by atoms with E-state index in [2.05, 4.69) is 0 Å². The Labute approximate surface area is 177 Å².